The molecule has 0 bridgehead atoms. The first-order chi connectivity index (χ1) is 8.18. The van der Waals surface area contributed by atoms with Crippen molar-refractivity contribution in [3.05, 3.63) is 29.8 Å². The second-order valence-electron chi connectivity index (χ2n) is 5.42. The normalized spacial score (nSPS) is 23.5. The maximum Gasteiger partial charge on any atom is 0.0346 e. The Morgan fingerprint density at radius 2 is 2.12 bits per heavy atom. The molecule has 1 aliphatic heterocycles. The summed E-state index contributed by atoms with van der Waals surface area (Å²) in [5.74, 6) is 0.685. The van der Waals surface area contributed by atoms with Crippen molar-refractivity contribution in [3.63, 3.8) is 0 Å². The molecule has 17 heavy (non-hydrogen) atoms. The molecule has 0 aliphatic carbocycles. The van der Waals surface area contributed by atoms with E-state index >= 15 is 0 Å². The zero-order valence-electron chi connectivity index (χ0n) is 11.0. The molecule has 94 valence electrons. The molecule has 2 atom stereocenters. The van der Waals surface area contributed by atoms with Crippen LogP contribution in [0.25, 0.3) is 0 Å². The van der Waals surface area contributed by atoms with Crippen LogP contribution in [0.5, 0.6) is 0 Å². The number of nitrogen functional groups attached to an aromatic ring is 1. The third-order valence-corrected chi connectivity index (χ3v) is 4.08. The Balaban J connectivity index is 2.01. The molecule has 2 rings (SSSR count). The number of piperidine rings is 1. The maximum absolute atomic E-state index is 6.02. The molecule has 0 aromatic heterocycles. The van der Waals surface area contributed by atoms with Crippen molar-refractivity contribution in [3.8, 4) is 0 Å². The molecule has 0 saturated carbocycles. The lowest BCUT2D eigenvalue weighted by Crippen LogP contribution is -2.41. The fourth-order valence-corrected chi connectivity index (χ4v) is 3.02. The molecule has 0 radical (unpaired) electrons. The Labute approximate surface area is 105 Å². The van der Waals surface area contributed by atoms with Gasteiger partial charge >= 0.3 is 0 Å². The zero-order chi connectivity index (χ0) is 12.3. The fraction of sp³-hybridized carbons (Fsp3) is 0.600. The third kappa shape index (κ3) is 3.01. The van der Waals surface area contributed by atoms with Gasteiger partial charge in [-0.15, -0.1) is 0 Å². The Bertz CT molecular complexity index is 362. The molecule has 0 amide bonds. The van der Waals surface area contributed by atoms with Crippen molar-refractivity contribution in [1.82, 2.24) is 4.90 Å². The van der Waals surface area contributed by atoms with Gasteiger partial charge in [-0.25, -0.2) is 0 Å². The van der Waals surface area contributed by atoms with E-state index in [4.69, 9.17) is 5.73 Å². The highest BCUT2D eigenvalue weighted by Gasteiger charge is 2.24. The summed E-state index contributed by atoms with van der Waals surface area (Å²) in [6, 6.07) is 8.99. The molecule has 1 saturated heterocycles. The number of rotatable bonds is 3. The van der Waals surface area contributed by atoms with Crippen LogP contribution in [0.2, 0.25) is 0 Å². The summed E-state index contributed by atoms with van der Waals surface area (Å²) in [7, 11) is 2.26. The number of hydrogen-bond donors (Lipinski definition) is 1. The molecule has 2 nitrogen and oxygen atoms in total. The van der Waals surface area contributed by atoms with Gasteiger partial charge in [-0.2, -0.15) is 0 Å². The lowest BCUT2D eigenvalue weighted by molar-refractivity contribution is 0.136. The molecule has 1 fully saturated rings. The first-order valence-corrected chi connectivity index (χ1v) is 6.72. The summed E-state index contributed by atoms with van der Waals surface area (Å²) in [6.45, 7) is 3.61. The SMILES string of the molecule is CC(Cc1ccccc1N)C1CCCCN1C. The van der Waals surface area contributed by atoms with Crippen LogP contribution in [0.1, 0.15) is 31.7 Å². The Morgan fingerprint density at radius 3 is 2.82 bits per heavy atom. The number of nitrogens with zero attached hydrogens (tertiary/aromatic N) is 1. The van der Waals surface area contributed by atoms with Gasteiger partial charge in [0.05, 0.1) is 0 Å². The quantitative estimate of drug-likeness (QED) is 0.812. The van der Waals surface area contributed by atoms with Gasteiger partial charge in [0.15, 0.2) is 0 Å². The van der Waals surface area contributed by atoms with Crippen LogP contribution in [-0.2, 0) is 6.42 Å². The van der Waals surface area contributed by atoms with Crippen LogP contribution < -0.4 is 5.73 Å². The van der Waals surface area contributed by atoms with Crippen LogP contribution in [0.4, 0.5) is 5.69 Å². The molecule has 1 aromatic carbocycles. The smallest absolute Gasteiger partial charge is 0.0346 e. The van der Waals surface area contributed by atoms with Crippen molar-refractivity contribution in [2.24, 2.45) is 5.92 Å². The molecular formula is C15H24N2. The summed E-state index contributed by atoms with van der Waals surface area (Å²) >= 11 is 0. The zero-order valence-corrected chi connectivity index (χ0v) is 11.0. The number of hydrogen-bond acceptors (Lipinski definition) is 2. The predicted molar refractivity (Wildman–Crippen MR) is 74.0 cm³/mol. The highest BCUT2D eigenvalue weighted by molar-refractivity contribution is 5.46. The number of benzene rings is 1. The Hall–Kier alpha value is -1.02. The number of para-hydroxylation sites is 1. The summed E-state index contributed by atoms with van der Waals surface area (Å²) in [5.41, 5.74) is 8.27. The lowest BCUT2D eigenvalue weighted by Gasteiger charge is -2.36. The van der Waals surface area contributed by atoms with Gasteiger partial charge in [0, 0.05) is 11.7 Å². The van der Waals surface area contributed by atoms with Crippen molar-refractivity contribution in [1.29, 1.82) is 0 Å². The van der Waals surface area contributed by atoms with E-state index in [9.17, 15) is 0 Å². The van der Waals surface area contributed by atoms with E-state index in [0.717, 1.165) is 18.2 Å². The standard InChI is InChI=1S/C15H24N2/c1-12(15-9-5-6-10-17(15)2)11-13-7-3-4-8-14(13)16/h3-4,7-8,12,15H,5-6,9-11,16H2,1-2H3. The third-order valence-electron chi connectivity index (χ3n) is 4.08. The minimum atomic E-state index is 0.685. The minimum Gasteiger partial charge on any atom is -0.399 e. The van der Waals surface area contributed by atoms with Crippen LogP contribution >= 0.6 is 0 Å². The Morgan fingerprint density at radius 1 is 1.35 bits per heavy atom. The monoisotopic (exact) mass is 232 g/mol. The van der Waals surface area contributed by atoms with Gasteiger partial charge < -0.3 is 10.6 Å². The van der Waals surface area contributed by atoms with Crippen molar-refractivity contribution < 1.29 is 0 Å². The fourth-order valence-electron chi connectivity index (χ4n) is 3.02. The summed E-state index contributed by atoms with van der Waals surface area (Å²) in [4.78, 5) is 2.52. The maximum atomic E-state index is 6.02. The largest absolute Gasteiger partial charge is 0.399 e. The summed E-state index contributed by atoms with van der Waals surface area (Å²) < 4.78 is 0. The van der Waals surface area contributed by atoms with Gasteiger partial charge in [0.1, 0.15) is 0 Å². The predicted octanol–water partition coefficient (Wildman–Crippen LogP) is 2.93. The number of likely N-dealkylation sites (tertiary alicyclic amines) is 1. The number of anilines is 1. The van der Waals surface area contributed by atoms with Gasteiger partial charge in [0.2, 0.25) is 0 Å². The van der Waals surface area contributed by atoms with E-state index in [0.29, 0.717) is 5.92 Å². The van der Waals surface area contributed by atoms with Crippen LogP contribution in [-0.4, -0.2) is 24.5 Å². The van der Waals surface area contributed by atoms with Crippen molar-refractivity contribution >= 4 is 5.69 Å². The first kappa shape index (κ1) is 12.4. The molecule has 2 N–H and O–H groups in total. The average Bonchev–Trinajstić information content (AvgIpc) is 2.32. The van der Waals surface area contributed by atoms with Gasteiger partial charge in [-0.3, -0.25) is 0 Å². The van der Waals surface area contributed by atoms with Crippen LogP contribution in [0, 0.1) is 5.92 Å². The molecule has 1 heterocycles. The summed E-state index contributed by atoms with van der Waals surface area (Å²) in [6.07, 6.45) is 5.17. The molecule has 1 aliphatic rings. The van der Waals surface area contributed by atoms with Crippen molar-refractivity contribution in [2.75, 3.05) is 19.3 Å². The van der Waals surface area contributed by atoms with E-state index in [1.807, 2.05) is 12.1 Å². The van der Waals surface area contributed by atoms with E-state index in [2.05, 4.69) is 31.0 Å². The highest BCUT2D eigenvalue weighted by Crippen LogP contribution is 2.26. The Kier molecular flexibility index (Phi) is 4.06. The van der Waals surface area contributed by atoms with E-state index in [-0.39, 0.29) is 0 Å². The minimum absolute atomic E-state index is 0.685. The van der Waals surface area contributed by atoms with E-state index in [1.165, 1.54) is 31.4 Å². The average molecular weight is 232 g/mol. The van der Waals surface area contributed by atoms with E-state index in [1.54, 1.807) is 0 Å². The lowest BCUT2D eigenvalue weighted by atomic mass is 9.87. The first-order valence-electron chi connectivity index (χ1n) is 6.72. The second kappa shape index (κ2) is 5.54. The highest BCUT2D eigenvalue weighted by atomic mass is 15.1. The second-order valence-corrected chi connectivity index (χ2v) is 5.42. The van der Waals surface area contributed by atoms with Gasteiger partial charge in [-0.05, 0) is 50.4 Å². The molecule has 2 heteroatoms. The molecular weight excluding hydrogens is 208 g/mol. The van der Waals surface area contributed by atoms with Crippen molar-refractivity contribution in [2.45, 2.75) is 38.6 Å². The van der Waals surface area contributed by atoms with Gasteiger partial charge in [-0.1, -0.05) is 31.5 Å². The van der Waals surface area contributed by atoms with E-state index < -0.39 is 0 Å². The topological polar surface area (TPSA) is 29.3 Å². The van der Waals surface area contributed by atoms with Crippen LogP contribution in [0.15, 0.2) is 24.3 Å². The molecule has 2 unspecified atom stereocenters. The van der Waals surface area contributed by atoms with Crippen LogP contribution in [0.3, 0.4) is 0 Å². The molecule has 0 spiro atoms. The molecule has 1 aromatic rings. The summed E-state index contributed by atoms with van der Waals surface area (Å²) in [5, 5.41) is 0. The van der Waals surface area contributed by atoms with Gasteiger partial charge in [0.25, 0.3) is 0 Å². The number of nitrogens with two attached hydrogens (primary N) is 1.